The van der Waals surface area contributed by atoms with E-state index < -0.39 is 55.5 Å². The molecule has 0 aliphatic rings. The SMILES string of the molecule is Cc1ccc([N-]S(=O)(=O)c2c(F)c(F)c(F)c(F)c2F)cc1F.[Na+]. The number of hydrogen-bond donors (Lipinski definition) is 0. The van der Waals surface area contributed by atoms with Crippen LogP contribution in [0, 0.1) is 41.8 Å². The molecule has 0 aliphatic heterocycles. The molecule has 0 bridgehead atoms. The molecule has 0 aromatic heterocycles. The molecule has 0 fully saturated rings. The van der Waals surface area contributed by atoms with Gasteiger partial charge in [-0.2, -0.15) is 0 Å². The first-order valence-electron chi connectivity index (χ1n) is 5.82. The van der Waals surface area contributed by atoms with Crippen molar-refractivity contribution in [1.82, 2.24) is 0 Å². The third-order valence-corrected chi connectivity index (χ3v) is 4.13. The van der Waals surface area contributed by atoms with Crippen molar-refractivity contribution in [3.8, 4) is 0 Å². The largest absolute Gasteiger partial charge is 1.00 e. The van der Waals surface area contributed by atoms with Crippen molar-refractivity contribution >= 4 is 15.7 Å². The van der Waals surface area contributed by atoms with Gasteiger partial charge in [0, 0.05) is 0 Å². The minimum absolute atomic E-state index is 0. The van der Waals surface area contributed by atoms with Crippen molar-refractivity contribution in [1.29, 1.82) is 0 Å². The summed E-state index contributed by atoms with van der Waals surface area (Å²) in [7, 11) is -5.30. The Hall–Kier alpha value is -1.23. The van der Waals surface area contributed by atoms with E-state index in [0.717, 1.165) is 12.1 Å². The third kappa shape index (κ3) is 3.71. The van der Waals surface area contributed by atoms with Crippen molar-refractivity contribution in [2.75, 3.05) is 0 Å². The van der Waals surface area contributed by atoms with E-state index in [1.807, 2.05) is 0 Å². The number of nitrogens with zero attached hydrogens (tertiary/aromatic N) is 1. The number of halogens is 6. The van der Waals surface area contributed by atoms with Crippen LogP contribution in [-0.4, -0.2) is 8.42 Å². The first-order chi connectivity index (χ1) is 10.6. The van der Waals surface area contributed by atoms with Gasteiger partial charge in [0.1, 0.15) is 20.7 Å². The minimum atomic E-state index is -5.30. The second-order valence-corrected chi connectivity index (χ2v) is 5.94. The molecule has 11 heteroatoms. The zero-order valence-electron chi connectivity index (χ0n) is 12.2. The summed E-state index contributed by atoms with van der Waals surface area (Å²) in [4.78, 5) is -2.10. The standard InChI is InChI=1S/C13H6F6NO2S.Na/c1-5-2-3-6(4-7(5)14)20-23(21,22)13-11(18)9(16)8(15)10(17)12(13)19;/h2-4H,1H3;/q-1;+1. The molecule has 0 amide bonds. The predicted octanol–water partition coefficient (Wildman–Crippen LogP) is 1.23. The summed E-state index contributed by atoms with van der Waals surface area (Å²) in [5.74, 6) is -13.3. The van der Waals surface area contributed by atoms with Gasteiger partial charge in [-0.05, 0) is 18.6 Å². The maximum absolute atomic E-state index is 13.5. The fourth-order valence-corrected chi connectivity index (χ4v) is 2.75. The Kier molecular flexibility index (Phi) is 6.37. The Bertz CT molecular complexity index is 875. The molecule has 0 aliphatic carbocycles. The van der Waals surface area contributed by atoms with Gasteiger partial charge in [-0.1, -0.05) is 12.1 Å². The van der Waals surface area contributed by atoms with E-state index in [9.17, 15) is 34.8 Å². The van der Waals surface area contributed by atoms with Crippen LogP contribution in [0.15, 0.2) is 23.1 Å². The zero-order chi connectivity index (χ0) is 17.5. The normalized spacial score (nSPS) is 11.1. The number of hydrogen-bond acceptors (Lipinski definition) is 2. The van der Waals surface area contributed by atoms with Gasteiger partial charge in [-0.3, -0.25) is 0 Å². The van der Waals surface area contributed by atoms with E-state index in [1.54, 1.807) is 0 Å². The van der Waals surface area contributed by atoms with Crippen LogP contribution in [0.2, 0.25) is 0 Å². The molecule has 0 saturated carbocycles. The van der Waals surface area contributed by atoms with E-state index in [0.29, 0.717) is 6.07 Å². The molecule has 2 aromatic rings. The van der Waals surface area contributed by atoms with E-state index in [2.05, 4.69) is 4.72 Å². The first-order valence-corrected chi connectivity index (χ1v) is 7.26. The first kappa shape index (κ1) is 20.8. The maximum atomic E-state index is 13.5. The van der Waals surface area contributed by atoms with Gasteiger partial charge in [0.2, 0.25) is 5.82 Å². The topological polar surface area (TPSA) is 48.2 Å². The molecule has 0 atom stereocenters. The van der Waals surface area contributed by atoms with E-state index in [-0.39, 0.29) is 35.1 Å². The van der Waals surface area contributed by atoms with Crippen molar-refractivity contribution in [2.24, 2.45) is 0 Å². The molecule has 0 unspecified atom stereocenters. The van der Waals surface area contributed by atoms with Crippen LogP contribution in [0.1, 0.15) is 5.56 Å². The van der Waals surface area contributed by atoms with Crippen LogP contribution in [0.3, 0.4) is 0 Å². The van der Waals surface area contributed by atoms with Crippen LogP contribution >= 0.6 is 0 Å². The fraction of sp³-hybridized carbons (Fsp3) is 0.0769. The molecule has 0 N–H and O–H groups in total. The van der Waals surface area contributed by atoms with Crippen molar-refractivity contribution in [3.63, 3.8) is 0 Å². The van der Waals surface area contributed by atoms with Gasteiger partial charge in [0.05, 0.1) is 0 Å². The van der Waals surface area contributed by atoms with Gasteiger partial charge >= 0.3 is 29.6 Å². The monoisotopic (exact) mass is 377 g/mol. The summed E-state index contributed by atoms with van der Waals surface area (Å²) in [6.07, 6.45) is 0. The molecular formula is C13H6F6NNaO2S. The molecule has 3 nitrogen and oxygen atoms in total. The second-order valence-electron chi connectivity index (χ2n) is 4.40. The quantitative estimate of drug-likeness (QED) is 0.350. The van der Waals surface area contributed by atoms with Gasteiger partial charge in [-0.25, -0.2) is 34.8 Å². The van der Waals surface area contributed by atoms with Crippen LogP contribution in [-0.2, 0) is 10.0 Å². The molecule has 2 aromatic carbocycles. The van der Waals surface area contributed by atoms with Crippen LogP contribution in [0.25, 0.3) is 4.72 Å². The number of aryl methyl sites for hydroxylation is 1. The summed E-state index contributed by atoms with van der Waals surface area (Å²) in [6, 6.07) is 2.77. The Morgan fingerprint density at radius 1 is 0.833 bits per heavy atom. The Balaban J connectivity index is 0.00000288. The molecule has 24 heavy (non-hydrogen) atoms. The molecule has 0 saturated heterocycles. The number of rotatable bonds is 3. The Morgan fingerprint density at radius 2 is 1.29 bits per heavy atom. The molecule has 2 rings (SSSR count). The third-order valence-electron chi connectivity index (χ3n) is 2.81. The van der Waals surface area contributed by atoms with E-state index in [4.69, 9.17) is 0 Å². The van der Waals surface area contributed by atoms with Crippen LogP contribution in [0.5, 0.6) is 0 Å². The Morgan fingerprint density at radius 3 is 1.75 bits per heavy atom. The van der Waals surface area contributed by atoms with Gasteiger partial charge in [-0.15, -0.1) is 5.69 Å². The molecule has 0 heterocycles. The summed E-state index contributed by atoms with van der Waals surface area (Å²) < 4.78 is 106. The average molecular weight is 377 g/mol. The molecule has 124 valence electrons. The summed E-state index contributed by atoms with van der Waals surface area (Å²) in [5.41, 5.74) is -0.436. The van der Waals surface area contributed by atoms with Crippen molar-refractivity contribution < 1.29 is 64.3 Å². The molecular weight excluding hydrogens is 371 g/mol. The van der Waals surface area contributed by atoms with Gasteiger partial charge < -0.3 is 4.72 Å². The van der Waals surface area contributed by atoms with Crippen molar-refractivity contribution in [2.45, 2.75) is 11.8 Å². The average Bonchev–Trinajstić information content (AvgIpc) is 2.46. The molecule has 0 spiro atoms. The Labute approximate surface area is 155 Å². The minimum Gasteiger partial charge on any atom is -0.572 e. The second kappa shape index (κ2) is 7.34. The fourth-order valence-electron chi connectivity index (χ4n) is 1.63. The van der Waals surface area contributed by atoms with Crippen molar-refractivity contribution in [3.05, 3.63) is 63.4 Å². The zero-order valence-corrected chi connectivity index (χ0v) is 15.0. The van der Waals surface area contributed by atoms with Crippen LogP contribution in [0.4, 0.5) is 32.0 Å². The molecule has 0 radical (unpaired) electrons. The maximum Gasteiger partial charge on any atom is 1.00 e. The van der Waals surface area contributed by atoms with Crippen LogP contribution < -0.4 is 29.6 Å². The summed E-state index contributed by atoms with van der Waals surface area (Å²) in [5, 5.41) is 0. The predicted molar refractivity (Wildman–Crippen MR) is 67.6 cm³/mol. The van der Waals surface area contributed by atoms with Gasteiger partial charge in [0.25, 0.3) is 0 Å². The van der Waals surface area contributed by atoms with E-state index >= 15 is 0 Å². The summed E-state index contributed by atoms with van der Waals surface area (Å²) in [6.45, 7) is 1.36. The number of benzene rings is 2. The summed E-state index contributed by atoms with van der Waals surface area (Å²) >= 11 is 0. The van der Waals surface area contributed by atoms with Gasteiger partial charge in [0.15, 0.2) is 23.3 Å². The smallest absolute Gasteiger partial charge is 0.572 e. The number of sulfonamides is 1. The van der Waals surface area contributed by atoms with E-state index in [1.165, 1.54) is 6.92 Å².